The maximum Gasteiger partial charge on any atom is 0.416 e. The fourth-order valence-electron chi connectivity index (χ4n) is 3.62. The number of benzene rings is 2. The predicted molar refractivity (Wildman–Crippen MR) is 110 cm³/mol. The summed E-state index contributed by atoms with van der Waals surface area (Å²) in [7, 11) is 4.53. The first kappa shape index (κ1) is 22.6. The molecule has 1 heterocycles. The Labute approximate surface area is 179 Å². The number of piperazine rings is 1. The Morgan fingerprint density at radius 1 is 0.935 bits per heavy atom. The summed E-state index contributed by atoms with van der Waals surface area (Å²) < 4.78 is 54.9. The highest BCUT2D eigenvalue weighted by Gasteiger charge is 2.31. The number of alkyl halides is 3. The molecule has 0 N–H and O–H groups in total. The van der Waals surface area contributed by atoms with Crippen LogP contribution in [0.2, 0.25) is 0 Å². The van der Waals surface area contributed by atoms with E-state index in [1.54, 1.807) is 23.1 Å². The fraction of sp³-hybridized carbons (Fsp3) is 0.409. The van der Waals surface area contributed by atoms with Crippen molar-refractivity contribution in [1.29, 1.82) is 0 Å². The Hall–Kier alpha value is -3.10. The van der Waals surface area contributed by atoms with Gasteiger partial charge in [0.1, 0.15) is 0 Å². The molecule has 0 bridgehead atoms. The number of anilines is 1. The summed E-state index contributed by atoms with van der Waals surface area (Å²) in [6.07, 6.45) is -4.23. The molecule has 1 amide bonds. The van der Waals surface area contributed by atoms with Crippen LogP contribution in [0.5, 0.6) is 17.2 Å². The lowest BCUT2D eigenvalue weighted by Gasteiger charge is -2.36. The van der Waals surface area contributed by atoms with E-state index in [-0.39, 0.29) is 12.3 Å². The third kappa shape index (κ3) is 5.15. The van der Waals surface area contributed by atoms with Crippen LogP contribution >= 0.6 is 0 Å². The van der Waals surface area contributed by atoms with Gasteiger partial charge in [-0.3, -0.25) is 4.79 Å². The summed E-state index contributed by atoms with van der Waals surface area (Å²) in [6.45, 7) is 1.78. The van der Waals surface area contributed by atoms with Gasteiger partial charge in [0.05, 0.1) is 33.3 Å². The topological polar surface area (TPSA) is 51.2 Å². The molecular weight excluding hydrogens is 413 g/mol. The molecule has 1 aliphatic rings. The lowest BCUT2D eigenvalue weighted by molar-refractivity contribution is -0.137. The molecule has 0 radical (unpaired) electrons. The van der Waals surface area contributed by atoms with Gasteiger partial charge >= 0.3 is 6.18 Å². The summed E-state index contributed by atoms with van der Waals surface area (Å²) in [6, 6.07) is 8.73. The van der Waals surface area contributed by atoms with Crippen LogP contribution in [0.4, 0.5) is 18.9 Å². The van der Waals surface area contributed by atoms with Crippen molar-refractivity contribution in [2.45, 2.75) is 12.6 Å². The van der Waals surface area contributed by atoms with Gasteiger partial charge in [0.25, 0.3) is 0 Å². The minimum absolute atomic E-state index is 0.0713. The van der Waals surface area contributed by atoms with E-state index in [4.69, 9.17) is 14.2 Å². The van der Waals surface area contributed by atoms with E-state index < -0.39 is 11.7 Å². The summed E-state index contributed by atoms with van der Waals surface area (Å²) in [4.78, 5) is 16.4. The first-order valence-corrected chi connectivity index (χ1v) is 9.75. The van der Waals surface area contributed by atoms with E-state index in [1.165, 1.54) is 27.4 Å². The monoisotopic (exact) mass is 438 g/mol. The quantitative estimate of drug-likeness (QED) is 0.690. The molecule has 0 atom stereocenters. The highest BCUT2D eigenvalue weighted by atomic mass is 19.4. The highest BCUT2D eigenvalue weighted by Crippen LogP contribution is 2.38. The average molecular weight is 438 g/mol. The molecule has 0 saturated carbocycles. The molecule has 1 aliphatic heterocycles. The first-order chi connectivity index (χ1) is 14.8. The number of carbonyl (C=O) groups excluding carboxylic acids is 1. The summed E-state index contributed by atoms with van der Waals surface area (Å²) in [5.41, 5.74) is 0.553. The van der Waals surface area contributed by atoms with Crippen LogP contribution in [-0.4, -0.2) is 58.3 Å². The van der Waals surface area contributed by atoms with Crippen LogP contribution in [0, 0.1) is 0 Å². The van der Waals surface area contributed by atoms with Crippen LogP contribution in [0.3, 0.4) is 0 Å². The largest absolute Gasteiger partial charge is 0.493 e. The van der Waals surface area contributed by atoms with Crippen molar-refractivity contribution in [3.63, 3.8) is 0 Å². The van der Waals surface area contributed by atoms with Crippen molar-refractivity contribution in [3.8, 4) is 17.2 Å². The van der Waals surface area contributed by atoms with E-state index in [1.807, 2.05) is 4.90 Å². The number of methoxy groups -OCH3 is 3. The molecule has 2 aromatic carbocycles. The first-order valence-electron chi connectivity index (χ1n) is 9.75. The highest BCUT2D eigenvalue weighted by molar-refractivity contribution is 5.79. The van der Waals surface area contributed by atoms with Gasteiger partial charge in [-0.15, -0.1) is 0 Å². The summed E-state index contributed by atoms with van der Waals surface area (Å²) >= 11 is 0. The zero-order valence-corrected chi connectivity index (χ0v) is 17.7. The van der Waals surface area contributed by atoms with Crippen LogP contribution < -0.4 is 19.1 Å². The van der Waals surface area contributed by atoms with Crippen LogP contribution in [0.15, 0.2) is 36.4 Å². The minimum Gasteiger partial charge on any atom is -0.493 e. The van der Waals surface area contributed by atoms with Crippen LogP contribution in [0.1, 0.15) is 11.1 Å². The molecule has 31 heavy (non-hydrogen) atoms. The lowest BCUT2D eigenvalue weighted by atomic mass is 10.1. The third-order valence-electron chi connectivity index (χ3n) is 5.25. The molecule has 3 rings (SSSR count). The molecule has 1 saturated heterocycles. The molecule has 6 nitrogen and oxygen atoms in total. The second-order valence-electron chi connectivity index (χ2n) is 7.13. The zero-order chi connectivity index (χ0) is 22.6. The smallest absolute Gasteiger partial charge is 0.416 e. The molecule has 0 aliphatic carbocycles. The molecule has 2 aromatic rings. The van der Waals surface area contributed by atoms with Crippen molar-refractivity contribution in [3.05, 3.63) is 47.5 Å². The number of halogens is 3. The van der Waals surface area contributed by atoms with E-state index >= 15 is 0 Å². The number of amides is 1. The number of hydrogen-bond acceptors (Lipinski definition) is 5. The molecule has 0 aromatic heterocycles. The van der Waals surface area contributed by atoms with Crippen molar-refractivity contribution in [2.75, 3.05) is 52.4 Å². The summed E-state index contributed by atoms with van der Waals surface area (Å²) in [5.74, 6) is 1.33. The van der Waals surface area contributed by atoms with Gasteiger partial charge in [-0.1, -0.05) is 6.07 Å². The Bertz CT molecular complexity index is 900. The zero-order valence-electron chi connectivity index (χ0n) is 17.7. The second kappa shape index (κ2) is 9.36. The Morgan fingerprint density at radius 3 is 2.06 bits per heavy atom. The lowest BCUT2D eigenvalue weighted by Crippen LogP contribution is -2.49. The number of nitrogens with zero attached hydrogens (tertiary/aromatic N) is 2. The second-order valence-corrected chi connectivity index (χ2v) is 7.13. The molecule has 1 fully saturated rings. The number of rotatable bonds is 6. The van der Waals surface area contributed by atoms with Gasteiger partial charge in [-0.25, -0.2) is 0 Å². The molecule has 0 spiro atoms. The van der Waals surface area contributed by atoms with E-state index in [0.29, 0.717) is 49.1 Å². The molecule has 0 unspecified atom stereocenters. The number of carbonyl (C=O) groups is 1. The fourth-order valence-corrected chi connectivity index (χ4v) is 3.62. The van der Waals surface area contributed by atoms with Gasteiger partial charge in [-0.05, 0) is 35.9 Å². The number of hydrogen-bond donors (Lipinski definition) is 0. The Morgan fingerprint density at radius 2 is 1.55 bits per heavy atom. The van der Waals surface area contributed by atoms with Gasteiger partial charge in [0.15, 0.2) is 11.5 Å². The summed E-state index contributed by atoms with van der Waals surface area (Å²) in [5, 5.41) is 0. The SMILES string of the molecule is COc1cc(CC(=O)N2CCN(c3cccc(C(F)(F)F)c3)CC2)cc(OC)c1OC. The van der Waals surface area contributed by atoms with Crippen LogP contribution in [-0.2, 0) is 17.4 Å². The van der Waals surface area contributed by atoms with Crippen molar-refractivity contribution in [1.82, 2.24) is 4.90 Å². The standard InChI is InChI=1S/C22H25F3N2O4/c1-29-18-11-15(12-19(30-2)21(18)31-3)13-20(28)27-9-7-26(8-10-27)17-6-4-5-16(14-17)22(23,24)25/h4-6,11-12,14H,7-10,13H2,1-3H3. The van der Waals surface area contributed by atoms with Gasteiger partial charge in [0.2, 0.25) is 11.7 Å². The van der Waals surface area contributed by atoms with Crippen molar-refractivity contribution in [2.24, 2.45) is 0 Å². The minimum atomic E-state index is -4.38. The van der Waals surface area contributed by atoms with Gasteiger partial charge < -0.3 is 24.0 Å². The number of ether oxygens (including phenoxy) is 3. The predicted octanol–water partition coefficient (Wildman–Crippen LogP) is 3.62. The van der Waals surface area contributed by atoms with E-state index in [9.17, 15) is 18.0 Å². The van der Waals surface area contributed by atoms with Gasteiger partial charge in [0, 0.05) is 31.9 Å². The molecular formula is C22H25F3N2O4. The van der Waals surface area contributed by atoms with Gasteiger partial charge in [-0.2, -0.15) is 13.2 Å². The maximum absolute atomic E-state index is 13.0. The van der Waals surface area contributed by atoms with Crippen LogP contribution in [0.25, 0.3) is 0 Å². The van der Waals surface area contributed by atoms with E-state index in [2.05, 4.69) is 0 Å². The molecule has 9 heteroatoms. The van der Waals surface area contributed by atoms with E-state index in [0.717, 1.165) is 17.7 Å². The third-order valence-corrected chi connectivity index (χ3v) is 5.25. The van der Waals surface area contributed by atoms with Crippen molar-refractivity contribution >= 4 is 11.6 Å². The van der Waals surface area contributed by atoms with Crippen molar-refractivity contribution < 1.29 is 32.2 Å². The Kier molecular flexibility index (Phi) is 6.82. The molecule has 168 valence electrons. The average Bonchev–Trinajstić information content (AvgIpc) is 2.78. The maximum atomic E-state index is 13.0. The Balaban J connectivity index is 1.65. The normalized spacial score (nSPS) is 14.4.